The van der Waals surface area contributed by atoms with Crippen molar-refractivity contribution < 1.29 is 53.4 Å². The molecule has 9 atom stereocenters. The average molecular weight is 901 g/mol. The second-order valence-corrected chi connectivity index (χ2v) is 17.8. The second-order valence-electron chi connectivity index (χ2n) is 17.8. The SMILES string of the molecule is CO[C@H]1/C=C/O[C@@]2(C)Oc3c(C)c(O)c4c(=O)c(c5oc6cc(N(C)CCN(C)C)cc(=O)c6nc5c4c3=C2O)NC(=O)/C(C)=C\C=C\[C@H](C)[C@H](O)[C@@H](C)[C@@H](O)[C@@H](C)[C@H](OC(C)=O)[C@@H]1C. The number of hydrogen-bond acceptors (Lipinski definition) is 16. The number of allylic oxidation sites excluding steroid dienone is 2. The molecule has 350 valence electrons. The Bertz CT molecular complexity index is 2800. The predicted octanol–water partition coefficient (Wildman–Crippen LogP) is 4.56. The Balaban J connectivity index is 1.64. The van der Waals surface area contributed by atoms with E-state index in [2.05, 4.69) is 5.32 Å². The van der Waals surface area contributed by atoms with Crippen LogP contribution in [0.1, 0.15) is 54.0 Å². The third-order valence-corrected chi connectivity index (χ3v) is 12.7. The summed E-state index contributed by atoms with van der Waals surface area (Å²) in [4.78, 5) is 63.6. The van der Waals surface area contributed by atoms with Gasteiger partial charge in [0.2, 0.25) is 10.9 Å². The third-order valence-electron chi connectivity index (χ3n) is 12.7. The quantitative estimate of drug-likeness (QED) is 0.101. The summed E-state index contributed by atoms with van der Waals surface area (Å²) < 4.78 is 30.4. The van der Waals surface area contributed by atoms with Crippen LogP contribution in [0.3, 0.4) is 0 Å². The molecule has 0 radical (unpaired) electrons. The lowest BCUT2D eigenvalue weighted by atomic mass is 9.78. The highest BCUT2D eigenvalue weighted by Gasteiger charge is 2.44. The number of nitrogens with zero attached hydrogens (tertiary/aromatic N) is 3. The lowest BCUT2D eigenvalue weighted by Crippen LogP contribution is -2.46. The molecule has 0 fully saturated rings. The Labute approximate surface area is 376 Å². The van der Waals surface area contributed by atoms with Gasteiger partial charge in [0.25, 0.3) is 5.91 Å². The van der Waals surface area contributed by atoms with Crippen LogP contribution in [0.4, 0.5) is 11.4 Å². The number of anilines is 2. The maximum atomic E-state index is 14.8. The van der Waals surface area contributed by atoms with E-state index in [9.17, 15) is 39.6 Å². The first kappa shape index (κ1) is 48.4. The van der Waals surface area contributed by atoms with Crippen molar-refractivity contribution >= 4 is 62.0 Å². The summed E-state index contributed by atoms with van der Waals surface area (Å²) in [6, 6.07) is 3.01. The Kier molecular flexibility index (Phi) is 14.0. The smallest absolute Gasteiger partial charge is 0.307 e. The number of hydrogen-bond donors (Lipinski definition) is 5. The number of methoxy groups -OCH3 is 1. The number of rotatable bonds is 6. The molecular formula is C48H60N4O13. The van der Waals surface area contributed by atoms with Crippen molar-refractivity contribution in [2.75, 3.05) is 51.6 Å². The number of aromatic hydroxyl groups is 1. The van der Waals surface area contributed by atoms with E-state index < -0.39 is 88.1 Å². The number of nitrogens with one attached hydrogen (secondary N) is 1. The van der Waals surface area contributed by atoms with Crippen LogP contribution in [-0.4, -0.2) is 114 Å². The fourth-order valence-electron chi connectivity index (χ4n) is 8.58. The molecule has 0 unspecified atom stereocenters. The monoisotopic (exact) mass is 900 g/mol. The lowest BCUT2D eigenvalue weighted by Gasteiger charge is -2.38. The molecule has 4 bridgehead atoms. The second kappa shape index (κ2) is 18.8. The fraction of sp³-hybridized carbons (Fsp3) is 0.479. The number of benzene rings is 3. The minimum absolute atomic E-state index is 0.00389. The highest BCUT2D eigenvalue weighted by atomic mass is 16.7. The van der Waals surface area contributed by atoms with E-state index in [1.807, 2.05) is 30.9 Å². The molecule has 0 spiro atoms. The Hall–Kier alpha value is -6.01. The van der Waals surface area contributed by atoms with Crippen LogP contribution < -0.4 is 31.0 Å². The van der Waals surface area contributed by atoms with Crippen molar-refractivity contribution in [1.82, 2.24) is 9.88 Å². The predicted molar refractivity (Wildman–Crippen MR) is 247 cm³/mol. The molecule has 1 aromatic heterocycles. The van der Waals surface area contributed by atoms with Gasteiger partial charge in [-0.1, -0.05) is 45.9 Å². The lowest BCUT2D eigenvalue weighted by molar-refractivity contribution is -0.160. The normalized spacial score (nSPS) is 28.5. The highest BCUT2D eigenvalue weighted by Crippen LogP contribution is 2.42. The number of aliphatic hydroxyl groups is 3. The van der Waals surface area contributed by atoms with Crippen molar-refractivity contribution in [3.8, 4) is 11.5 Å². The summed E-state index contributed by atoms with van der Waals surface area (Å²) in [5, 5.41) is 49.1. The molecule has 0 saturated carbocycles. The van der Waals surface area contributed by atoms with E-state index in [0.717, 1.165) is 0 Å². The summed E-state index contributed by atoms with van der Waals surface area (Å²) >= 11 is 0. The number of fused-ring (bicyclic) bond motifs is 2. The van der Waals surface area contributed by atoms with Gasteiger partial charge in [-0.2, -0.15) is 0 Å². The standard InChI is InChI=1S/C48H60N4O13/c1-22-14-13-15-23(2)47(60)50-38-42(58)34-33(37-45(38)64-32-21-29(20-30(54)36(32)49-37)52(11)18-17-51(9)10)35-44(27(6)41(34)57)65-48(8,46(35)59)62-19-16-31(61-12)24(3)43(63-28(7)53)26(5)40(56)25(4)39(22)55/h13-16,19-22,24-26,31,39-40,43,55-57,59H,17-18H2,1-12H3,(H,50,60)/b14-13+,19-16+,23-15-/t22-,24+,25+,26+,31-,39-,40+,43+,48-/m0/s1. The maximum absolute atomic E-state index is 14.8. The van der Waals surface area contributed by atoms with Gasteiger partial charge in [-0.15, -0.1) is 0 Å². The highest BCUT2D eigenvalue weighted by molar-refractivity contribution is 6.16. The van der Waals surface area contributed by atoms with Crippen LogP contribution >= 0.6 is 0 Å². The number of aromatic nitrogens is 1. The first-order valence-corrected chi connectivity index (χ1v) is 21.5. The molecule has 2 aliphatic heterocycles. The number of ether oxygens (including phenoxy) is 4. The number of amides is 1. The minimum atomic E-state index is -1.98. The minimum Gasteiger partial charge on any atom is -0.507 e. The Morgan fingerprint density at radius 2 is 1.63 bits per heavy atom. The summed E-state index contributed by atoms with van der Waals surface area (Å²) in [6.45, 7) is 13.8. The zero-order valence-corrected chi connectivity index (χ0v) is 38.9. The van der Waals surface area contributed by atoms with Gasteiger partial charge in [0.1, 0.15) is 28.8 Å². The molecule has 65 heavy (non-hydrogen) atoms. The zero-order valence-electron chi connectivity index (χ0n) is 38.9. The van der Waals surface area contributed by atoms with E-state index in [4.69, 9.17) is 28.3 Å². The van der Waals surface area contributed by atoms with Gasteiger partial charge in [-0.3, -0.25) is 19.2 Å². The first-order chi connectivity index (χ1) is 30.5. The number of phenolic OH excluding ortho intramolecular Hbond substituents is 1. The molecule has 17 heteroatoms. The first-order valence-electron chi connectivity index (χ1n) is 21.5. The van der Waals surface area contributed by atoms with Gasteiger partial charge in [-0.05, 0) is 34.0 Å². The number of carbonyl (C=O) groups excluding carboxylic acids is 2. The Morgan fingerprint density at radius 3 is 2.28 bits per heavy atom. The van der Waals surface area contributed by atoms with Crippen molar-refractivity contribution in [1.29, 1.82) is 0 Å². The van der Waals surface area contributed by atoms with Gasteiger partial charge >= 0.3 is 11.8 Å². The van der Waals surface area contributed by atoms with Gasteiger partial charge in [0, 0.05) is 99.1 Å². The maximum Gasteiger partial charge on any atom is 0.307 e. The summed E-state index contributed by atoms with van der Waals surface area (Å²) in [5.74, 6) is -6.97. The van der Waals surface area contributed by atoms with Gasteiger partial charge in [0.05, 0.1) is 35.2 Å². The summed E-state index contributed by atoms with van der Waals surface area (Å²) in [7, 11) is 7.10. The number of phenols is 1. The number of likely N-dealkylation sites (N-methyl/N-ethyl adjacent to an activating group) is 2. The van der Waals surface area contributed by atoms with Crippen LogP contribution in [0.15, 0.2) is 62.3 Å². The largest absolute Gasteiger partial charge is 0.507 e. The molecule has 3 heterocycles. The molecule has 0 aliphatic carbocycles. The van der Waals surface area contributed by atoms with Crippen molar-refractivity contribution in [2.45, 2.75) is 85.6 Å². The molecule has 1 amide bonds. The van der Waals surface area contributed by atoms with Crippen LogP contribution in [-0.2, 0) is 23.8 Å². The Morgan fingerprint density at radius 1 is 0.938 bits per heavy atom. The topological polar surface area (TPSA) is 231 Å². The van der Waals surface area contributed by atoms with E-state index in [1.54, 1.807) is 45.9 Å². The molecule has 6 rings (SSSR count). The van der Waals surface area contributed by atoms with Crippen molar-refractivity contribution in [3.05, 3.63) is 79.5 Å². The fourth-order valence-corrected chi connectivity index (χ4v) is 8.58. The number of esters is 1. The van der Waals surface area contributed by atoms with E-state index in [-0.39, 0.29) is 60.8 Å². The summed E-state index contributed by atoms with van der Waals surface area (Å²) in [5.41, 5.74) is -1.61. The van der Waals surface area contributed by atoms with E-state index in [1.165, 1.54) is 59.3 Å². The molecule has 2 aliphatic rings. The van der Waals surface area contributed by atoms with Crippen LogP contribution in [0, 0.1) is 30.6 Å². The molecule has 5 N–H and O–H groups in total. The molecule has 0 saturated heterocycles. The van der Waals surface area contributed by atoms with Crippen molar-refractivity contribution in [2.24, 2.45) is 23.7 Å². The zero-order chi connectivity index (χ0) is 48.0. The molecular weight excluding hydrogens is 841 g/mol. The number of carbonyl (C=O) groups is 2. The van der Waals surface area contributed by atoms with Crippen LogP contribution in [0.2, 0.25) is 0 Å². The van der Waals surface area contributed by atoms with E-state index in [0.29, 0.717) is 18.8 Å². The number of aliphatic hydroxyl groups excluding tert-OH is 3. The van der Waals surface area contributed by atoms with Crippen LogP contribution in [0.25, 0.3) is 38.7 Å². The van der Waals surface area contributed by atoms with Crippen LogP contribution in [0.5, 0.6) is 11.5 Å². The van der Waals surface area contributed by atoms with E-state index >= 15 is 0 Å². The average Bonchev–Trinajstić information content (AvgIpc) is 3.52. The van der Waals surface area contributed by atoms with Gasteiger partial charge in [0.15, 0.2) is 22.4 Å². The summed E-state index contributed by atoms with van der Waals surface area (Å²) in [6.07, 6.45) is 3.52. The van der Waals surface area contributed by atoms with Crippen molar-refractivity contribution in [3.63, 3.8) is 0 Å². The molecule has 3 aromatic carbocycles. The molecule has 17 nitrogen and oxygen atoms in total. The molecule has 4 aromatic rings. The van der Waals surface area contributed by atoms with Gasteiger partial charge < -0.3 is 58.9 Å². The van der Waals surface area contributed by atoms with Gasteiger partial charge in [-0.25, -0.2) is 4.98 Å². The third kappa shape index (κ3) is 9.15.